The predicted octanol–water partition coefficient (Wildman–Crippen LogP) is 3.56. The molecule has 2 nitrogen and oxygen atoms in total. The Morgan fingerprint density at radius 2 is 1.82 bits per heavy atom. The van der Waals surface area contributed by atoms with Gasteiger partial charge in [0.15, 0.2) is 8.32 Å². The van der Waals surface area contributed by atoms with E-state index in [9.17, 15) is 0 Å². The summed E-state index contributed by atoms with van der Waals surface area (Å²) in [5.41, 5.74) is 0. The van der Waals surface area contributed by atoms with E-state index in [1.807, 2.05) is 6.92 Å². The van der Waals surface area contributed by atoms with E-state index in [0.29, 0.717) is 6.42 Å². The summed E-state index contributed by atoms with van der Waals surface area (Å²) < 4.78 is 6.27. The van der Waals surface area contributed by atoms with Crippen molar-refractivity contribution in [3.05, 3.63) is 0 Å². The molecule has 100 valence electrons. The van der Waals surface area contributed by atoms with Gasteiger partial charge in [-0.15, -0.1) is 11.8 Å². The third-order valence-electron chi connectivity index (χ3n) is 3.35. The first-order chi connectivity index (χ1) is 7.74. The van der Waals surface area contributed by atoms with Crippen LogP contribution in [0, 0.1) is 11.8 Å². The number of hydrogen-bond donors (Lipinski definition) is 1. The van der Waals surface area contributed by atoms with Crippen molar-refractivity contribution < 1.29 is 9.53 Å². The number of rotatable bonds is 5. The van der Waals surface area contributed by atoms with Crippen molar-refractivity contribution in [2.24, 2.45) is 0 Å². The fraction of sp³-hybridized carbons (Fsp3) is 0.857. The van der Waals surface area contributed by atoms with E-state index < -0.39 is 8.32 Å². The zero-order valence-corrected chi connectivity index (χ0v) is 13.3. The molecule has 17 heavy (non-hydrogen) atoms. The Bertz CT molecular complexity index is 268. The standard InChI is InChI=1S/C14H28O2Si/c1-7-8-9-10-13(11-12-15)16-17(5,6)14(2,3)4/h13,15H,7,10-12H2,1-6H3/t13-/m0/s1. The first-order valence-electron chi connectivity index (χ1n) is 6.49. The van der Waals surface area contributed by atoms with Crippen LogP contribution < -0.4 is 0 Å². The molecule has 0 bridgehead atoms. The summed E-state index contributed by atoms with van der Waals surface area (Å²) in [5, 5.41) is 9.29. The van der Waals surface area contributed by atoms with Crippen molar-refractivity contribution in [2.45, 2.75) is 71.2 Å². The van der Waals surface area contributed by atoms with E-state index in [1.165, 1.54) is 0 Å². The minimum Gasteiger partial charge on any atom is -0.413 e. The molecule has 0 spiro atoms. The SMILES string of the molecule is CCC#CC[C@@H](CCO)O[Si](C)(C)C(C)(C)C. The predicted molar refractivity (Wildman–Crippen MR) is 76.5 cm³/mol. The van der Waals surface area contributed by atoms with Gasteiger partial charge < -0.3 is 9.53 Å². The summed E-state index contributed by atoms with van der Waals surface area (Å²) in [6.45, 7) is 13.4. The molecular formula is C14H28O2Si. The lowest BCUT2D eigenvalue weighted by Crippen LogP contribution is -2.44. The minimum absolute atomic E-state index is 0.0833. The summed E-state index contributed by atoms with van der Waals surface area (Å²) in [6, 6.07) is 0. The van der Waals surface area contributed by atoms with Crippen LogP contribution in [0.25, 0.3) is 0 Å². The van der Waals surface area contributed by atoms with Crippen molar-refractivity contribution in [3.8, 4) is 11.8 Å². The van der Waals surface area contributed by atoms with Crippen LogP contribution in [0.5, 0.6) is 0 Å². The Morgan fingerprint density at radius 1 is 1.24 bits per heavy atom. The molecule has 0 aromatic carbocycles. The van der Waals surface area contributed by atoms with Crippen molar-refractivity contribution >= 4 is 8.32 Å². The molecule has 0 fully saturated rings. The monoisotopic (exact) mass is 256 g/mol. The molecule has 0 aliphatic rings. The van der Waals surface area contributed by atoms with E-state index in [0.717, 1.165) is 12.8 Å². The van der Waals surface area contributed by atoms with E-state index >= 15 is 0 Å². The maximum atomic E-state index is 9.08. The zero-order chi connectivity index (χ0) is 13.5. The molecule has 0 radical (unpaired) electrons. The molecule has 0 rings (SSSR count). The Morgan fingerprint density at radius 3 is 2.24 bits per heavy atom. The molecule has 0 aromatic rings. The van der Waals surface area contributed by atoms with E-state index in [-0.39, 0.29) is 17.7 Å². The van der Waals surface area contributed by atoms with Gasteiger partial charge in [0.05, 0.1) is 6.10 Å². The molecule has 0 saturated heterocycles. The molecule has 0 amide bonds. The molecule has 0 aromatic heterocycles. The topological polar surface area (TPSA) is 29.5 Å². The Kier molecular flexibility index (Phi) is 7.07. The third-order valence-corrected chi connectivity index (χ3v) is 7.89. The fourth-order valence-electron chi connectivity index (χ4n) is 1.25. The average molecular weight is 256 g/mol. The second kappa shape index (κ2) is 7.20. The second-order valence-electron chi connectivity index (χ2n) is 5.92. The second-order valence-corrected chi connectivity index (χ2v) is 10.7. The normalized spacial score (nSPS) is 14.1. The summed E-state index contributed by atoms with van der Waals surface area (Å²) in [5.74, 6) is 6.20. The molecule has 1 N–H and O–H groups in total. The zero-order valence-electron chi connectivity index (χ0n) is 12.3. The lowest BCUT2D eigenvalue weighted by molar-refractivity contribution is 0.143. The van der Waals surface area contributed by atoms with Crippen LogP contribution in [0.1, 0.15) is 47.0 Å². The molecule has 0 unspecified atom stereocenters. The van der Waals surface area contributed by atoms with Gasteiger partial charge in [-0.25, -0.2) is 0 Å². The Balaban J connectivity index is 4.53. The lowest BCUT2D eigenvalue weighted by atomic mass is 10.2. The number of hydrogen-bond acceptors (Lipinski definition) is 2. The van der Waals surface area contributed by atoms with Gasteiger partial charge in [0, 0.05) is 19.4 Å². The van der Waals surface area contributed by atoms with Crippen molar-refractivity contribution in [1.82, 2.24) is 0 Å². The van der Waals surface area contributed by atoms with Crippen LogP contribution in [0.3, 0.4) is 0 Å². The summed E-state index contributed by atoms with van der Waals surface area (Å²) in [4.78, 5) is 0. The van der Waals surface area contributed by atoms with Gasteiger partial charge >= 0.3 is 0 Å². The van der Waals surface area contributed by atoms with Crippen LogP contribution in [-0.4, -0.2) is 26.1 Å². The molecule has 0 saturated carbocycles. The van der Waals surface area contributed by atoms with Crippen molar-refractivity contribution in [1.29, 1.82) is 0 Å². The maximum Gasteiger partial charge on any atom is 0.192 e. The number of aliphatic hydroxyl groups excluding tert-OH is 1. The number of aliphatic hydroxyl groups is 1. The largest absolute Gasteiger partial charge is 0.413 e. The van der Waals surface area contributed by atoms with Crippen molar-refractivity contribution in [3.63, 3.8) is 0 Å². The average Bonchev–Trinajstić information content (AvgIpc) is 2.16. The van der Waals surface area contributed by atoms with E-state index in [4.69, 9.17) is 9.53 Å². The maximum absolute atomic E-state index is 9.08. The molecule has 0 heterocycles. The van der Waals surface area contributed by atoms with E-state index in [1.54, 1.807) is 0 Å². The van der Waals surface area contributed by atoms with Gasteiger partial charge in [0.1, 0.15) is 0 Å². The Labute approximate surface area is 108 Å². The summed E-state index contributed by atoms with van der Waals surface area (Å²) in [6.07, 6.45) is 2.39. The molecule has 3 heteroatoms. The summed E-state index contributed by atoms with van der Waals surface area (Å²) in [7, 11) is -1.74. The van der Waals surface area contributed by atoms with Crippen molar-refractivity contribution in [2.75, 3.05) is 6.61 Å². The van der Waals surface area contributed by atoms with Gasteiger partial charge in [0.25, 0.3) is 0 Å². The molecule has 0 aliphatic heterocycles. The van der Waals surface area contributed by atoms with Crippen LogP contribution in [0.2, 0.25) is 18.1 Å². The van der Waals surface area contributed by atoms with Crippen LogP contribution >= 0.6 is 0 Å². The van der Waals surface area contributed by atoms with Gasteiger partial charge in [0.2, 0.25) is 0 Å². The molecule has 0 aliphatic carbocycles. The van der Waals surface area contributed by atoms with Crippen LogP contribution in [-0.2, 0) is 4.43 Å². The highest BCUT2D eigenvalue weighted by Gasteiger charge is 2.38. The molecule has 1 atom stereocenters. The highest BCUT2D eigenvalue weighted by Crippen LogP contribution is 2.37. The fourth-order valence-corrected chi connectivity index (χ4v) is 2.64. The smallest absolute Gasteiger partial charge is 0.192 e. The van der Waals surface area contributed by atoms with E-state index in [2.05, 4.69) is 45.7 Å². The first-order valence-corrected chi connectivity index (χ1v) is 9.40. The van der Waals surface area contributed by atoms with Gasteiger partial charge in [-0.3, -0.25) is 0 Å². The summed E-state index contributed by atoms with van der Waals surface area (Å²) >= 11 is 0. The minimum atomic E-state index is -1.74. The molecular weight excluding hydrogens is 228 g/mol. The first kappa shape index (κ1) is 16.7. The lowest BCUT2D eigenvalue weighted by Gasteiger charge is -2.39. The highest BCUT2D eigenvalue weighted by atomic mass is 28.4. The van der Waals surface area contributed by atoms with Gasteiger partial charge in [-0.2, -0.15) is 0 Å². The van der Waals surface area contributed by atoms with Crippen LogP contribution in [0.4, 0.5) is 0 Å². The Hall–Kier alpha value is -0.303. The van der Waals surface area contributed by atoms with Gasteiger partial charge in [-0.05, 0) is 24.6 Å². The third kappa shape index (κ3) is 6.26. The highest BCUT2D eigenvalue weighted by molar-refractivity contribution is 6.74. The van der Waals surface area contributed by atoms with Crippen LogP contribution in [0.15, 0.2) is 0 Å². The quantitative estimate of drug-likeness (QED) is 0.602. The van der Waals surface area contributed by atoms with Gasteiger partial charge in [-0.1, -0.05) is 27.7 Å².